The topological polar surface area (TPSA) is 55.6 Å². The molecule has 1 saturated heterocycles. The first-order valence-electron chi connectivity index (χ1n) is 9.39. The first kappa shape index (κ1) is 19.8. The molecule has 1 fully saturated rings. The molecule has 1 aliphatic rings. The highest BCUT2D eigenvalue weighted by molar-refractivity contribution is 6.35. The number of nitrogens with zero attached hydrogens (tertiary/aromatic N) is 2. The third-order valence-corrected chi connectivity index (χ3v) is 5.70. The van der Waals surface area contributed by atoms with Crippen LogP contribution in [0, 0.1) is 6.92 Å². The molecule has 1 amide bonds. The Morgan fingerprint density at radius 1 is 1.31 bits per heavy atom. The quantitative estimate of drug-likeness (QED) is 0.617. The van der Waals surface area contributed by atoms with Crippen molar-refractivity contribution in [3.05, 3.63) is 64.1 Å². The van der Waals surface area contributed by atoms with E-state index in [1.165, 1.54) is 24.3 Å². The molecular formula is C21H20ClF2N3O2. The monoisotopic (exact) mass is 419 g/mol. The van der Waals surface area contributed by atoms with E-state index < -0.39 is 12.3 Å². The summed E-state index contributed by atoms with van der Waals surface area (Å²) in [5.74, 6) is -0.171. The van der Waals surface area contributed by atoms with Gasteiger partial charge in [-0.3, -0.25) is 4.79 Å². The maximum atomic E-state index is 12.9. The van der Waals surface area contributed by atoms with Crippen LogP contribution < -0.4 is 5.32 Å². The van der Waals surface area contributed by atoms with Crippen molar-refractivity contribution < 1.29 is 18.3 Å². The van der Waals surface area contributed by atoms with Gasteiger partial charge in [0.1, 0.15) is 5.65 Å². The van der Waals surface area contributed by atoms with E-state index in [0.29, 0.717) is 16.6 Å². The van der Waals surface area contributed by atoms with Gasteiger partial charge in [-0.1, -0.05) is 23.7 Å². The van der Waals surface area contributed by atoms with Gasteiger partial charge in [-0.2, -0.15) is 0 Å². The Labute approximate surface area is 171 Å². The van der Waals surface area contributed by atoms with Gasteiger partial charge in [0.25, 0.3) is 12.3 Å². The van der Waals surface area contributed by atoms with Gasteiger partial charge in [-0.15, -0.1) is 0 Å². The van der Waals surface area contributed by atoms with Crippen LogP contribution in [0.4, 0.5) is 14.5 Å². The number of ether oxygens (including phenoxy) is 1. The number of benzene rings is 1. The minimum atomic E-state index is -2.64. The standard InChI is InChI=1S/C21H20ClF2N3O2/c1-12-18(22)17(26-21(28)15-4-2-3-14(9-15)19(23)24)11-27-10-16(25-20(12)27)13-5-7-29-8-6-13/h2-4,9-11,13,19H,5-8H2,1H3,(H,26,28). The van der Waals surface area contributed by atoms with Crippen molar-refractivity contribution in [2.45, 2.75) is 32.1 Å². The number of amides is 1. The number of nitrogens with one attached hydrogen (secondary N) is 1. The fraction of sp³-hybridized carbons (Fsp3) is 0.333. The van der Waals surface area contributed by atoms with Crippen LogP contribution in [0.5, 0.6) is 0 Å². The highest BCUT2D eigenvalue weighted by Crippen LogP contribution is 2.32. The summed E-state index contributed by atoms with van der Waals surface area (Å²) in [4.78, 5) is 17.3. The molecule has 1 N–H and O–H groups in total. The Kier molecular flexibility index (Phi) is 5.52. The summed E-state index contributed by atoms with van der Waals surface area (Å²) < 4.78 is 33.1. The lowest BCUT2D eigenvalue weighted by molar-refractivity contribution is 0.0846. The Bertz CT molecular complexity index is 1060. The Hall–Kier alpha value is -2.51. The molecule has 0 bridgehead atoms. The van der Waals surface area contributed by atoms with Gasteiger partial charge in [-0.25, -0.2) is 13.8 Å². The van der Waals surface area contributed by atoms with E-state index in [1.807, 2.05) is 17.5 Å². The second-order valence-electron chi connectivity index (χ2n) is 7.15. The van der Waals surface area contributed by atoms with Crippen LogP contribution in [0.3, 0.4) is 0 Å². The first-order chi connectivity index (χ1) is 13.9. The van der Waals surface area contributed by atoms with Gasteiger partial charge in [0.2, 0.25) is 0 Å². The number of pyridine rings is 1. The molecule has 4 rings (SSSR count). The maximum absolute atomic E-state index is 12.9. The predicted octanol–water partition coefficient (Wildman–Crippen LogP) is 5.38. The van der Waals surface area contributed by atoms with Crippen molar-refractivity contribution in [1.82, 2.24) is 9.38 Å². The molecule has 0 aliphatic carbocycles. The number of carbonyl (C=O) groups excluding carboxylic acids is 1. The van der Waals surface area contributed by atoms with E-state index in [0.717, 1.165) is 43.0 Å². The van der Waals surface area contributed by atoms with Crippen molar-refractivity contribution in [3.8, 4) is 0 Å². The third kappa shape index (κ3) is 3.97. The maximum Gasteiger partial charge on any atom is 0.263 e. The molecule has 5 nitrogen and oxygen atoms in total. The van der Waals surface area contributed by atoms with E-state index in [4.69, 9.17) is 21.3 Å². The van der Waals surface area contributed by atoms with Gasteiger partial charge in [0.05, 0.1) is 16.4 Å². The van der Waals surface area contributed by atoms with Gasteiger partial charge in [0.15, 0.2) is 0 Å². The summed E-state index contributed by atoms with van der Waals surface area (Å²) in [6.45, 7) is 3.28. The summed E-state index contributed by atoms with van der Waals surface area (Å²) in [5.41, 5.74) is 2.79. The predicted molar refractivity (Wildman–Crippen MR) is 107 cm³/mol. The van der Waals surface area contributed by atoms with E-state index in [1.54, 1.807) is 6.20 Å². The number of halogens is 3. The lowest BCUT2D eigenvalue weighted by atomic mass is 9.97. The number of aromatic nitrogens is 2. The van der Waals surface area contributed by atoms with Crippen LogP contribution in [-0.2, 0) is 4.74 Å². The molecular weight excluding hydrogens is 400 g/mol. The summed E-state index contributed by atoms with van der Waals surface area (Å²) in [6.07, 6.45) is 2.85. The minimum Gasteiger partial charge on any atom is -0.381 e. The normalized spacial score (nSPS) is 15.2. The van der Waals surface area contributed by atoms with E-state index in [-0.39, 0.29) is 11.1 Å². The highest BCUT2D eigenvalue weighted by atomic mass is 35.5. The number of rotatable bonds is 4. The average Bonchev–Trinajstić information content (AvgIpc) is 3.17. The lowest BCUT2D eigenvalue weighted by Crippen LogP contribution is -2.14. The zero-order chi connectivity index (χ0) is 20.5. The number of fused-ring (bicyclic) bond motifs is 1. The second kappa shape index (κ2) is 8.08. The summed E-state index contributed by atoms with van der Waals surface area (Å²) in [7, 11) is 0. The number of aryl methyl sites for hydroxylation is 1. The molecule has 3 aromatic rings. The second-order valence-corrected chi connectivity index (χ2v) is 7.52. The minimum absolute atomic E-state index is 0.144. The number of hydrogen-bond donors (Lipinski definition) is 1. The first-order valence-corrected chi connectivity index (χ1v) is 9.76. The van der Waals surface area contributed by atoms with Crippen LogP contribution in [0.2, 0.25) is 5.02 Å². The molecule has 8 heteroatoms. The van der Waals surface area contributed by atoms with E-state index in [2.05, 4.69) is 5.32 Å². The molecule has 0 unspecified atom stereocenters. The Morgan fingerprint density at radius 2 is 2.07 bits per heavy atom. The van der Waals surface area contributed by atoms with Crippen LogP contribution in [0.1, 0.15) is 52.4 Å². The fourth-order valence-electron chi connectivity index (χ4n) is 3.57. The molecule has 3 heterocycles. The molecule has 0 saturated carbocycles. The van der Waals surface area contributed by atoms with Crippen LogP contribution in [0.25, 0.3) is 5.65 Å². The van der Waals surface area contributed by atoms with Gasteiger partial charge < -0.3 is 14.5 Å². The smallest absolute Gasteiger partial charge is 0.263 e. The molecule has 0 spiro atoms. The van der Waals surface area contributed by atoms with Crippen molar-refractivity contribution in [1.29, 1.82) is 0 Å². The summed E-state index contributed by atoms with van der Waals surface area (Å²) in [6, 6.07) is 5.39. The van der Waals surface area contributed by atoms with Crippen LogP contribution in [-0.4, -0.2) is 28.5 Å². The molecule has 2 aromatic heterocycles. The highest BCUT2D eigenvalue weighted by Gasteiger charge is 2.21. The number of imidazole rings is 1. The number of alkyl halides is 2. The van der Waals surface area contributed by atoms with Crippen molar-refractivity contribution >= 4 is 28.8 Å². The molecule has 1 aromatic carbocycles. The zero-order valence-electron chi connectivity index (χ0n) is 15.8. The molecule has 29 heavy (non-hydrogen) atoms. The van der Waals surface area contributed by atoms with E-state index >= 15 is 0 Å². The molecule has 1 aliphatic heterocycles. The molecule has 0 radical (unpaired) electrons. The number of anilines is 1. The van der Waals surface area contributed by atoms with Gasteiger partial charge in [-0.05, 0) is 31.9 Å². The Balaban J connectivity index is 1.64. The third-order valence-electron chi connectivity index (χ3n) is 5.21. The Morgan fingerprint density at radius 3 is 2.79 bits per heavy atom. The SMILES string of the molecule is Cc1c(Cl)c(NC(=O)c2cccc(C(F)F)c2)cn2cc(C3CCOCC3)nc12. The van der Waals surface area contributed by atoms with Crippen molar-refractivity contribution in [2.24, 2.45) is 0 Å². The van der Waals surface area contributed by atoms with Crippen molar-refractivity contribution in [2.75, 3.05) is 18.5 Å². The van der Waals surface area contributed by atoms with Crippen molar-refractivity contribution in [3.63, 3.8) is 0 Å². The largest absolute Gasteiger partial charge is 0.381 e. The summed E-state index contributed by atoms with van der Waals surface area (Å²) >= 11 is 6.47. The van der Waals surface area contributed by atoms with Gasteiger partial charge in [0, 0.05) is 48.2 Å². The van der Waals surface area contributed by atoms with Crippen LogP contribution in [0.15, 0.2) is 36.7 Å². The zero-order valence-corrected chi connectivity index (χ0v) is 16.5. The van der Waals surface area contributed by atoms with E-state index in [9.17, 15) is 13.6 Å². The average molecular weight is 420 g/mol. The molecule has 152 valence electrons. The lowest BCUT2D eigenvalue weighted by Gasteiger charge is -2.19. The number of carbonyl (C=O) groups is 1. The van der Waals surface area contributed by atoms with Gasteiger partial charge >= 0.3 is 0 Å². The van der Waals surface area contributed by atoms with Crippen LogP contribution >= 0.6 is 11.6 Å². The number of hydrogen-bond acceptors (Lipinski definition) is 3. The summed E-state index contributed by atoms with van der Waals surface area (Å²) in [5, 5.41) is 3.11. The molecule has 0 atom stereocenters. The fourth-order valence-corrected chi connectivity index (χ4v) is 3.75.